The number of nitrogens with zero attached hydrogens (tertiary/aromatic N) is 3. The maximum Gasteiger partial charge on any atom is 0.410 e. The predicted molar refractivity (Wildman–Crippen MR) is 203 cm³/mol. The van der Waals surface area contributed by atoms with Gasteiger partial charge in [0.25, 0.3) is 11.8 Å². The van der Waals surface area contributed by atoms with E-state index < -0.39 is 5.60 Å². The molecule has 12 nitrogen and oxygen atoms in total. The number of ether oxygens (including phenoxy) is 1. The number of carbonyl (C=O) groups excluding carboxylic acids is 3. The highest BCUT2D eigenvalue weighted by Gasteiger charge is 2.29. The lowest BCUT2D eigenvalue weighted by Gasteiger charge is -2.37. The van der Waals surface area contributed by atoms with Gasteiger partial charge in [0, 0.05) is 52.4 Å². The van der Waals surface area contributed by atoms with Gasteiger partial charge in [-0.3, -0.25) is 9.59 Å². The summed E-state index contributed by atoms with van der Waals surface area (Å²) in [5.41, 5.74) is 7.88. The molecule has 4 aromatic carbocycles. The molecule has 4 aromatic rings. The molecule has 2 saturated heterocycles. The van der Waals surface area contributed by atoms with Crippen molar-refractivity contribution in [3.8, 4) is 0 Å². The molecular weight excluding hydrogens is 644 g/mol. The number of benzene rings is 4. The first-order valence-electron chi connectivity index (χ1n) is 17.4. The van der Waals surface area contributed by atoms with E-state index in [1.165, 1.54) is 0 Å². The van der Waals surface area contributed by atoms with Crippen LogP contribution >= 0.6 is 0 Å². The van der Waals surface area contributed by atoms with Crippen LogP contribution in [0.3, 0.4) is 0 Å². The fourth-order valence-electron chi connectivity index (χ4n) is 6.66. The third-order valence-corrected chi connectivity index (χ3v) is 9.17. The highest BCUT2D eigenvalue weighted by atomic mass is 16.6. The van der Waals surface area contributed by atoms with E-state index in [2.05, 4.69) is 42.5 Å². The Hall–Kier alpha value is -5.75. The number of anilines is 8. The van der Waals surface area contributed by atoms with Gasteiger partial charge in [-0.15, -0.1) is 0 Å². The lowest BCUT2D eigenvalue weighted by molar-refractivity contribution is 0.0240. The van der Waals surface area contributed by atoms with Crippen molar-refractivity contribution in [2.75, 3.05) is 83.4 Å². The molecule has 51 heavy (non-hydrogen) atoms. The first-order chi connectivity index (χ1) is 24.6. The van der Waals surface area contributed by atoms with Gasteiger partial charge in [-0.1, -0.05) is 36.4 Å². The van der Waals surface area contributed by atoms with E-state index in [0.717, 1.165) is 71.7 Å². The number of nitrogens with one attached hydrogen (secondary N) is 5. The van der Waals surface area contributed by atoms with Crippen molar-refractivity contribution in [3.63, 3.8) is 0 Å². The van der Waals surface area contributed by atoms with E-state index in [0.29, 0.717) is 37.3 Å². The van der Waals surface area contributed by atoms with Gasteiger partial charge >= 0.3 is 6.09 Å². The van der Waals surface area contributed by atoms with Crippen LogP contribution in [0, 0.1) is 0 Å². The lowest BCUT2D eigenvalue weighted by Crippen LogP contribution is -2.50. The van der Waals surface area contributed by atoms with Crippen LogP contribution < -0.4 is 36.4 Å². The van der Waals surface area contributed by atoms with Gasteiger partial charge in [0.2, 0.25) is 0 Å². The molecule has 0 radical (unpaired) electrons. The summed E-state index contributed by atoms with van der Waals surface area (Å²) in [6.45, 7) is 11.9. The van der Waals surface area contributed by atoms with Crippen LogP contribution in [0.15, 0.2) is 84.9 Å². The standard InChI is InChI=1S/C22H26N4O3.C17H18N4O/c1-22(2,3)29-21(28)26-13-11-25(12-14-26)18-10-6-7-15-19(18)23-16-8-4-5-9-17(16)24-20(15)27;22-17-12-4-3-7-15(21-10-8-18-9-11-21)16(12)19-13-5-1-2-6-14(13)20-17/h4-10,23H,11-14H2,1-3H3,(H,24,27);1-7,18-19H,8-11H2,(H,20,22). The summed E-state index contributed by atoms with van der Waals surface area (Å²) < 4.78 is 5.48. The number of hydrogen-bond donors (Lipinski definition) is 5. The second-order valence-electron chi connectivity index (χ2n) is 13.8. The Morgan fingerprint density at radius 3 is 1.45 bits per heavy atom. The number of para-hydroxylation sites is 6. The van der Waals surface area contributed by atoms with E-state index in [-0.39, 0.29) is 17.9 Å². The monoisotopic (exact) mass is 688 g/mol. The first kappa shape index (κ1) is 33.7. The van der Waals surface area contributed by atoms with E-state index in [1.54, 1.807) is 4.90 Å². The molecule has 0 bridgehead atoms. The second kappa shape index (κ2) is 14.2. The van der Waals surface area contributed by atoms with Gasteiger partial charge < -0.3 is 46.0 Å². The highest BCUT2D eigenvalue weighted by Crippen LogP contribution is 2.39. The van der Waals surface area contributed by atoms with E-state index >= 15 is 0 Å². The summed E-state index contributed by atoms with van der Waals surface area (Å²) in [4.78, 5) is 43.9. The molecule has 0 spiro atoms. The lowest BCUT2D eigenvalue weighted by atomic mass is 10.1. The van der Waals surface area contributed by atoms with Gasteiger partial charge in [0.1, 0.15) is 5.60 Å². The number of amides is 3. The third kappa shape index (κ3) is 7.41. The van der Waals surface area contributed by atoms with E-state index in [9.17, 15) is 14.4 Å². The smallest absolute Gasteiger partial charge is 0.410 e. The average molecular weight is 689 g/mol. The SMILES string of the molecule is CC(C)(C)OC(=O)N1CCN(c2cccc3c2Nc2ccccc2NC3=O)CC1.O=C1Nc2ccccc2Nc2c1cccc2N1CCNCC1. The fourth-order valence-corrected chi connectivity index (χ4v) is 6.66. The number of piperazine rings is 2. The summed E-state index contributed by atoms with van der Waals surface area (Å²) in [6.07, 6.45) is -0.282. The summed E-state index contributed by atoms with van der Waals surface area (Å²) in [7, 11) is 0. The van der Waals surface area contributed by atoms with Crippen LogP contribution in [0.4, 0.5) is 50.3 Å². The van der Waals surface area contributed by atoms with Gasteiger partial charge in [-0.25, -0.2) is 4.79 Å². The largest absolute Gasteiger partial charge is 0.444 e. The van der Waals surface area contributed by atoms with Crippen LogP contribution in [0.1, 0.15) is 41.5 Å². The Morgan fingerprint density at radius 2 is 1.00 bits per heavy atom. The van der Waals surface area contributed by atoms with Crippen molar-refractivity contribution in [2.24, 2.45) is 0 Å². The topological polar surface area (TPSA) is 130 Å². The molecule has 5 N–H and O–H groups in total. The van der Waals surface area contributed by atoms with Crippen molar-refractivity contribution in [2.45, 2.75) is 26.4 Å². The maximum absolute atomic E-state index is 12.7. The number of rotatable bonds is 2. The Labute approximate surface area is 298 Å². The maximum atomic E-state index is 12.7. The Morgan fingerprint density at radius 1 is 0.569 bits per heavy atom. The zero-order valence-electron chi connectivity index (χ0n) is 29.2. The van der Waals surface area contributed by atoms with Gasteiger partial charge in [-0.05, 0) is 69.3 Å². The molecule has 0 atom stereocenters. The van der Waals surface area contributed by atoms with E-state index in [1.807, 2.05) is 99.6 Å². The minimum Gasteiger partial charge on any atom is -0.444 e. The molecule has 8 rings (SSSR count). The molecule has 264 valence electrons. The number of carbonyl (C=O) groups is 3. The summed E-state index contributed by atoms with van der Waals surface area (Å²) in [5, 5.41) is 16.2. The molecule has 4 heterocycles. The summed E-state index contributed by atoms with van der Waals surface area (Å²) in [6, 6.07) is 27.1. The zero-order chi connectivity index (χ0) is 35.5. The van der Waals surface area contributed by atoms with Crippen LogP contribution in [-0.2, 0) is 4.74 Å². The fraction of sp³-hybridized carbons (Fsp3) is 0.308. The summed E-state index contributed by atoms with van der Waals surface area (Å²) in [5.74, 6) is -0.198. The Balaban J connectivity index is 0.000000165. The number of fused-ring (bicyclic) bond motifs is 4. The number of hydrogen-bond acceptors (Lipinski definition) is 9. The molecule has 4 aliphatic rings. The van der Waals surface area contributed by atoms with Crippen molar-refractivity contribution in [3.05, 3.63) is 96.1 Å². The molecule has 4 aliphatic heterocycles. The quantitative estimate of drug-likeness (QED) is 0.161. The van der Waals surface area contributed by atoms with E-state index in [4.69, 9.17) is 4.74 Å². The molecule has 0 aromatic heterocycles. The molecule has 2 fully saturated rings. The Bertz CT molecular complexity index is 1940. The molecule has 0 saturated carbocycles. The summed E-state index contributed by atoms with van der Waals surface area (Å²) >= 11 is 0. The average Bonchev–Trinajstić information content (AvgIpc) is 3.38. The Kier molecular flexibility index (Phi) is 9.42. The minimum absolute atomic E-state index is 0.0653. The first-order valence-corrected chi connectivity index (χ1v) is 17.4. The molecule has 12 heteroatoms. The molecule has 3 amide bonds. The van der Waals surface area contributed by atoms with Crippen molar-refractivity contribution >= 4 is 63.4 Å². The van der Waals surface area contributed by atoms with Gasteiger partial charge in [0.05, 0.1) is 56.6 Å². The van der Waals surface area contributed by atoms with Gasteiger partial charge in [0.15, 0.2) is 0 Å². The molecular formula is C39H44N8O4. The van der Waals surface area contributed by atoms with Crippen LogP contribution in [0.2, 0.25) is 0 Å². The third-order valence-electron chi connectivity index (χ3n) is 9.17. The van der Waals surface area contributed by atoms with Crippen molar-refractivity contribution < 1.29 is 19.1 Å². The molecule has 0 aliphatic carbocycles. The normalized spacial score (nSPS) is 16.5. The second-order valence-corrected chi connectivity index (χ2v) is 13.8. The highest BCUT2D eigenvalue weighted by molar-refractivity contribution is 6.15. The van der Waals surface area contributed by atoms with Crippen molar-refractivity contribution in [1.29, 1.82) is 0 Å². The minimum atomic E-state index is -0.504. The molecule has 0 unspecified atom stereocenters. The zero-order valence-corrected chi connectivity index (χ0v) is 29.2. The van der Waals surface area contributed by atoms with Crippen LogP contribution in [-0.4, -0.2) is 80.8 Å². The van der Waals surface area contributed by atoms with Crippen molar-refractivity contribution in [1.82, 2.24) is 10.2 Å². The van der Waals surface area contributed by atoms with Crippen LogP contribution in [0.25, 0.3) is 0 Å². The van der Waals surface area contributed by atoms with Crippen LogP contribution in [0.5, 0.6) is 0 Å². The predicted octanol–water partition coefficient (Wildman–Crippen LogP) is 6.46. The van der Waals surface area contributed by atoms with Gasteiger partial charge in [-0.2, -0.15) is 0 Å².